The molecule has 3 nitrogen and oxygen atoms in total. The van der Waals surface area contributed by atoms with Gasteiger partial charge in [0.2, 0.25) is 5.91 Å². The van der Waals surface area contributed by atoms with Crippen molar-refractivity contribution < 1.29 is 4.79 Å². The van der Waals surface area contributed by atoms with Crippen LogP contribution in [0.2, 0.25) is 0 Å². The van der Waals surface area contributed by atoms with E-state index in [4.69, 9.17) is 18.0 Å². The first-order chi connectivity index (χ1) is 6.82. The number of hydrogen-bond donors (Lipinski definition) is 2. The van der Waals surface area contributed by atoms with E-state index in [2.05, 4.69) is 18.5 Å². The molecule has 15 heavy (non-hydrogen) atoms. The minimum absolute atomic E-state index is 0.0942. The highest BCUT2D eigenvalue weighted by Crippen LogP contribution is 2.15. The summed E-state index contributed by atoms with van der Waals surface area (Å²) in [5, 5.41) is 3.40. The van der Waals surface area contributed by atoms with E-state index >= 15 is 0 Å². The van der Waals surface area contributed by atoms with Gasteiger partial charge in [0.05, 0.1) is 10.4 Å². The van der Waals surface area contributed by atoms with Gasteiger partial charge in [-0.1, -0.05) is 19.1 Å². The monoisotopic (exact) mass is 248 g/mol. The van der Waals surface area contributed by atoms with E-state index in [1.807, 2.05) is 0 Å². The zero-order chi connectivity index (χ0) is 12.1. The van der Waals surface area contributed by atoms with Crippen molar-refractivity contribution in [1.82, 2.24) is 5.32 Å². The second-order valence-electron chi connectivity index (χ2n) is 4.08. The molecule has 5 heteroatoms. The van der Waals surface area contributed by atoms with Crippen LogP contribution in [0.3, 0.4) is 0 Å². The Morgan fingerprint density at radius 2 is 2.13 bits per heavy atom. The summed E-state index contributed by atoms with van der Waals surface area (Å²) in [6.45, 7) is 6.29. The average molecular weight is 248 g/mol. The molecule has 0 rings (SSSR count). The van der Waals surface area contributed by atoms with Crippen molar-refractivity contribution in [1.29, 1.82) is 0 Å². The lowest BCUT2D eigenvalue weighted by Gasteiger charge is -2.22. The lowest BCUT2D eigenvalue weighted by Crippen LogP contribution is -2.45. The number of nitrogens with one attached hydrogen (secondary N) is 1. The number of rotatable bonds is 6. The quantitative estimate of drug-likeness (QED) is 0.700. The number of carbonyl (C=O) groups excluding carboxylic acids is 1. The fourth-order valence-corrected chi connectivity index (χ4v) is 1.29. The van der Waals surface area contributed by atoms with E-state index in [0.717, 1.165) is 6.42 Å². The lowest BCUT2D eigenvalue weighted by molar-refractivity contribution is -0.126. The van der Waals surface area contributed by atoms with Crippen molar-refractivity contribution in [2.45, 2.75) is 32.4 Å². The van der Waals surface area contributed by atoms with Crippen molar-refractivity contribution in [3.05, 3.63) is 0 Å². The SMILES string of the molecule is CSC(C)CCNC(=O)C(C)(C)C(N)=S. The maximum Gasteiger partial charge on any atom is 0.232 e. The Balaban J connectivity index is 3.99. The summed E-state index contributed by atoms with van der Waals surface area (Å²) in [4.78, 5) is 11.9. The van der Waals surface area contributed by atoms with E-state index in [0.29, 0.717) is 11.8 Å². The van der Waals surface area contributed by atoms with Crippen LogP contribution in [0.1, 0.15) is 27.2 Å². The number of thioether (sulfide) groups is 1. The third kappa shape index (κ3) is 4.84. The molecule has 1 atom stereocenters. The van der Waals surface area contributed by atoms with Crippen LogP contribution >= 0.6 is 24.0 Å². The van der Waals surface area contributed by atoms with Gasteiger partial charge in [-0.2, -0.15) is 11.8 Å². The molecular formula is C10H20N2OS2. The molecular weight excluding hydrogens is 228 g/mol. The molecule has 0 heterocycles. The summed E-state index contributed by atoms with van der Waals surface area (Å²) in [6, 6.07) is 0. The normalized spacial score (nSPS) is 13.3. The van der Waals surface area contributed by atoms with Crippen LogP contribution < -0.4 is 11.1 Å². The average Bonchev–Trinajstić information content (AvgIpc) is 2.16. The molecule has 0 bridgehead atoms. The molecule has 0 saturated heterocycles. The van der Waals surface area contributed by atoms with E-state index < -0.39 is 5.41 Å². The Kier molecular flexibility index (Phi) is 6.20. The number of nitrogens with two attached hydrogens (primary N) is 1. The van der Waals surface area contributed by atoms with Gasteiger partial charge in [0.15, 0.2) is 0 Å². The standard InChI is InChI=1S/C10H20N2OS2/c1-7(15-4)5-6-12-9(13)10(2,3)8(11)14/h7H,5-6H2,1-4H3,(H2,11,14)(H,12,13). The van der Waals surface area contributed by atoms with Crippen molar-refractivity contribution in [3.8, 4) is 0 Å². The third-order valence-electron chi connectivity index (χ3n) is 2.42. The predicted molar refractivity (Wildman–Crippen MR) is 71.2 cm³/mol. The summed E-state index contributed by atoms with van der Waals surface area (Å²) in [6.07, 6.45) is 3.02. The molecule has 0 aliphatic heterocycles. The summed E-state index contributed by atoms with van der Waals surface area (Å²) in [5.41, 5.74) is 4.74. The smallest absolute Gasteiger partial charge is 0.232 e. The predicted octanol–water partition coefficient (Wildman–Crippen LogP) is 1.56. The van der Waals surface area contributed by atoms with Crippen LogP contribution in [0.5, 0.6) is 0 Å². The summed E-state index contributed by atoms with van der Waals surface area (Å²) in [5.74, 6) is -0.0942. The topological polar surface area (TPSA) is 55.1 Å². The molecule has 0 aromatic rings. The van der Waals surface area contributed by atoms with Crippen LogP contribution in [0, 0.1) is 5.41 Å². The molecule has 1 unspecified atom stereocenters. The molecule has 0 saturated carbocycles. The van der Waals surface area contributed by atoms with Crippen LogP contribution in [0.4, 0.5) is 0 Å². The van der Waals surface area contributed by atoms with E-state index in [-0.39, 0.29) is 10.9 Å². The van der Waals surface area contributed by atoms with Gasteiger partial charge in [-0.15, -0.1) is 0 Å². The largest absolute Gasteiger partial charge is 0.392 e. The highest BCUT2D eigenvalue weighted by Gasteiger charge is 2.30. The maximum atomic E-state index is 11.7. The minimum atomic E-state index is -0.752. The van der Waals surface area contributed by atoms with Gasteiger partial charge in [-0.3, -0.25) is 4.79 Å². The molecule has 0 radical (unpaired) electrons. The summed E-state index contributed by atoms with van der Waals surface area (Å²) < 4.78 is 0. The number of carbonyl (C=O) groups is 1. The maximum absolute atomic E-state index is 11.7. The molecule has 0 aliphatic rings. The van der Waals surface area contributed by atoms with Gasteiger partial charge in [0, 0.05) is 11.8 Å². The lowest BCUT2D eigenvalue weighted by atomic mass is 9.92. The second-order valence-corrected chi connectivity index (χ2v) is 5.80. The number of hydrogen-bond acceptors (Lipinski definition) is 3. The van der Waals surface area contributed by atoms with Crippen molar-refractivity contribution >= 4 is 34.9 Å². The summed E-state index contributed by atoms with van der Waals surface area (Å²) >= 11 is 6.63. The van der Waals surface area contributed by atoms with Gasteiger partial charge in [-0.25, -0.2) is 0 Å². The zero-order valence-corrected chi connectivity index (χ0v) is 11.4. The Morgan fingerprint density at radius 3 is 2.53 bits per heavy atom. The van der Waals surface area contributed by atoms with Crippen molar-refractivity contribution in [2.24, 2.45) is 11.1 Å². The van der Waals surface area contributed by atoms with Gasteiger partial charge >= 0.3 is 0 Å². The molecule has 0 aliphatic carbocycles. The van der Waals surface area contributed by atoms with Crippen molar-refractivity contribution in [2.75, 3.05) is 12.8 Å². The van der Waals surface area contributed by atoms with Gasteiger partial charge in [0.1, 0.15) is 0 Å². The molecule has 0 fully saturated rings. The minimum Gasteiger partial charge on any atom is -0.392 e. The Morgan fingerprint density at radius 1 is 1.60 bits per heavy atom. The fourth-order valence-electron chi connectivity index (χ4n) is 0.840. The number of amides is 1. The van der Waals surface area contributed by atoms with Crippen LogP contribution in [0.15, 0.2) is 0 Å². The van der Waals surface area contributed by atoms with Crippen molar-refractivity contribution in [3.63, 3.8) is 0 Å². The molecule has 1 amide bonds. The molecule has 0 aromatic heterocycles. The highest BCUT2D eigenvalue weighted by molar-refractivity contribution is 7.99. The first-order valence-corrected chi connectivity index (χ1v) is 6.63. The molecule has 0 aromatic carbocycles. The Bertz CT molecular complexity index is 242. The fraction of sp³-hybridized carbons (Fsp3) is 0.800. The molecule has 0 spiro atoms. The van der Waals surface area contributed by atoms with Gasteiger partial charge in [0.25, 0.3) is 0 Å². The third-order valence-corrected chi connectivity index (χ3v) is 3.97. The second kappa shape index (κ2) is 6.33. The van der Waals surface area contributed by atoms with Gasteiger partial charge < -0.3 is 11.1 Å². The first-order valence-electron chi connectivity index (χ1n) is 4.93. The zero-order valence-electron chi connectivity index (χ0n) is 9.79. The van der Waals surface area contributed by atoms with Crippen LogP contribution in [-0.2, 0) is 4.79 Å². The first kappa shape index (κ1) is 14.7. The molecule has 88 valence electrons. The molecule has 3 N–H and O–H groups in total. The van der Waals surface area contributed by atoms with E-state index in [1.165, 1.54) is 0 Å². The van der Waals surface area contributed by atoms with Gasteiger partial charge in [-0.05, 0) is 26.5 Å². The van der Waals surface area contributed by atoms with Crippen LogP contribution in [-0.4, -0.2) is 28.9 Å². The Labute approximate surface area is 102 Å². The number of thiocarbonyl (C=S) groups is 1. The van der Waals surface area contributed by atoms with Crippen LogP contribution in [0.25, 0.3) is 0 Å². The highest BCUT2D eigenvalue weighted by atomic mass is 32.2. The Hall–Kier alpha value is -0.290. The summed E-state index contributed by atoms with van der Waals surface area (Å²) in [7, 11) is 0. The van der Waals surface area contributed by atoms with E-state index in [1.54, 1.807) is 25.6 Å². The van der Waals surface area contributed by atoms with E-state index in [9.17, 15) is 4.79 Å².